The maximum absolute atomic E-state index is 6.89. The molecule has 1 aromatic heterocycles. The number of nitrogens with zero attached hydrogens (tertiary/aromatic N) is 2. The number of fused-ring (bicyclic) bond motifs is 1. The van der Waals surface area contributed by atoms with Crippen LogP contribution in [0.5, 0.6) is 0 Å². The quantitative estimate of drug-likeness (QED) is 0.550. The van der Waals surface area contributed by atoms with Gasteiger partial charge in [-0.1, -0.05) is 19.6 Å². The molecule has 66 valence electrons. The Morgan fingerprint density at radius 2 is 2.38 bits per heavy atom. The van der Waals surface area contributed by atoms with Crippen LogP contribution in [0.2, 0.25) is 0 Å². The zero-order chi connectivity index (χ0) is 9.26. The van der Waals surface area contributed by atoms with E-state index in [1.807, 2.05) is 6.07 Å². The van der Waals surface area contributed by atoms with E-state index in [0.29, 0.717) is 11.7 Å². The Morgan fingerprint density at radius 3 is 3.15 bits per heavy atom. The standard InChI is InChI=1S/C11H12N2/c1-8-4-3-5-9-6-7-10(12-2)13-11(8)9/h6-8H,3-5H2,1H3. The van der Waals surface area contributed by atoms with Crippen molar-refractivity contribution in [1.82, 2.24) is 4.98 Å². The van der Waals surface area contributed by atoms with Crippen LogP contribution in [0.1, 0.15) is 36.9 Å². The van der Waals surface area contributed by atoms with Gasteiger partial charge in [0, 0.05) is 5.92 Å². The van der Waals surface area contributed by atoms with E-state index < -0.39 is 0 Å². The summed E-state index contributed by atoms with van der Waals surface area (Å²) in [5.41, 5.74) is 2.49. The number of hydrogen-bond acceptors (Lipinski definition) is 1. The van der Waals surface area contributed by atoms with Crippen LogP contribution < -0.4 is 0 Å². The Kier molecular flexibility index (Phi) is 2.02. The summed E-state index contributed by atoms with van der Waals surface area (Å²) < 4.78 is 0. The minimum atomic E-state index is 0.533. The maximum atomic E-state index is 6.89. The van der Waals surface area contributed by atoms with Crippen LogP contribution in [0.4, 0.5) is 5.82 Å². The molecule has 0 bridgehead atoms. The zero-order valence-corrected chi connectivity index (χ0v) is 7.75. The van der Waals surface area contributed by atoms with Crippen molar-refractivity contribution in [3.63, 3.8) is 0 Å². The van der Waals surface area contributed by atoms with Gasteiger partial charge in [0.1, 0.15) is 5.69 Å². The average molecular weight is 172 g/mol. The number of aryl methyl sites for hydroxylation is 1. The molecular weight excluding hydrogens is 160 g/mol. The first-order valence-corrected chi connectivity index (χ1v) is 4.68. The summed E-state index contributed by atoms with van der Waals surface area (Å²) in [6, 6.07) is 3.88. The van der Waals surface area contributed by atoms with Crippen LogP contribution in [0, 0.1) is 6.57 Å². The molecular formula is C11H12N2. The first kappa shape index (κ1) is 8.25. The van der Waals surface area contributed by atoms with Gasteiger partial charge in [-0.25, -0.2) is 0 Å². The number of aromatic nitrogens is 1. The topological polar surface area (TPSA) is 17.2 Å². The summed E-state index contributed by atoms with van der Waals surface area (Å²) in [5, 5.41) is 0. The number of hydrogen-bond donors (Lipinski definition) is 0. The fourth-order valence-corrected chi connectivity index (χ4v) is 1.93. The van der Waals surface area contributed by atoms with E-state index in [9.17, 15) is 0 Å². The lowest BCUT2D eigenvalue weighted by atomic mass is 9.88. The van der Waals surface area contributed by atoms with E-state index in [4.69, 9.17) is 6.57 Å². The molecule has 1 heterocycles. The van der Waals surface area contributed by atoms with E-state index in [2.05, 4.69) is 22.8 Å². The van der Waals surface area contributed by atoms with E-state index in [-0.39, 0.29) is 0 Å². The summed E-state index contributed by atoms with van der Waals surface area (Å²) in [7, 11) is 0. The Bertz CT molecular complexity index is 363. The lowest BCUT2D eigenvalue weighted by molar-refractivity contribution is 0.574. The van der Waals surface area contributed by atoms with Crippen LogP contribution in [0.15, 0.2) is 12.1 Å². The van der Waals surface area contributed by atoms with Gasteiger partial charge in [-0.2, -0.15) is 0 Å². The third kappa shape index (κ3) is 1.42. The summed E-state index contributed by atoms with van der Waals surface area (Å²) in [5.74, 6) is 1.07. The first-order chi connectivity index (χ1) is 6.31. The van der Waals surface area contributed by atoms with Crippen LogP contribution in [-0.4, -0.2) is 4.98 Å². The Hall–Kier alpha value is -1.36. The van der Waals surface area contributed by atoms with Crippen LogP contribution in [0.3, 0.4) is 0 Å². The van der Waals surface area contributed by atoms with Crippen LogP contribution in [0.25, 0.3) is 4.85 Å². The zero-order valence-electron chi connectivity index (χ0n) is 7.75. The third-order valence-electron chi connectivity index (χ3n) is 2.66. The van der Waals surface area contributed by atoms with Crippen molar-refractivity contribution >= 4 is 5.82 Å². The molecule has 0 radical (unpaired) electrons. The van der Waals surface area contributed by atoms with Crippen LogP contribution >= 0.6 is 0 Å². The molecule has 0 aliphatic heterocycles. The third-order valence-corrected chi connectivity index (χ3v) is 2.66. The number of pyridine rings is 1. The molecule has 1 atom stereocenters. The van der Waals surface area contributed by atoms with Gasteiger partial charge in [0.05, 0.1) is 0 Å². The van der Waals surface area contributed by atoms with Crippen molar-refractivity contribution in [2.24, 2.45) is 0 Å². The van der Waals surface area contributed by atoms with Crippen molar-refractivity contribution in [2.75, 3.05) is 0 Å². The summed E-state index contributed by atoms with van der Waals surface area (Å²) >= 11 is 0. The van der Waals surface area contributed by atoms with Crippen molar-refractivity contribution in [1.29, 1.82) is 0 Å². The van der Waals surface area contributed by atoms with Gasteiger partial charge in [0.25, 0.3) is 5.82 Å². The molecule has 0 aromatic carbocycles. The monoisotopic (exact) mass is 172 g/mol. The molecule has 0 N–H and O–H groups in total. The Balaban J connectivity index is 2.48. The predicted octanol–water partition coefficient (Wildman–Crippen LogP) is 3.07. The smallest absolute Gasteiger partial charge is 0.269 e. The minimum Gasteiger partial charge on any atom is -0.361 e. The molecule has 2 heteroatoms. The van der Waals surface area contributed by atoms with Gasteiger partial charge in [0.2, 0.25) is 0 Å². The Morgan fingerprint density at radius 1 is 1.54 bits per heavy atom. The van der Waals surface area contributed by atoms with E-state index in [1.54, 1.807) is 0 Å². The van der Waals surface area contributed by atoms with Crippen molar-refractivity contribution < 1.29 is 0 Å². The molecule has 1 aliphatic rings. The molecule has 1 unspecified atom stereocenters. The average Bonchev–Trinajstić information content (AvgIpc) is 2.18. The Labute approximate surface area is 78.4 Å². The van der Waals surface area contributed by atoms with Gasteiger partial charge in [0.15, 0.2) is 0 Å². The van der Waals surface area contributed by atoms with Gasteiger partial charge in [-0.3, -0.25) is 0 Å². The molecule has 0 amide bonds. The molecule has 1 aromatic rings. The highest BCUT2D eigenvalue weighted by Crippen LogP contribution is 2.30. The molecule has 1 aliphatic carbocycles. The molecule has 13 heavy (non-hydrogen) atoms. The fourth-order valence-electron chi connectivity index (χ4n) is 1.93. The van der Waals surface area contributed by atoms with E-state index in [1.165, 1.54) is 18.4 Å². The van der Waals surface area contributed by atoms with E-state index >= 15 is 0 Å². The predicted molar refractivity (Wildman–Crippen MR) is 51.9 cm³/mol. The van der Waals surface area contributed by atoms with Crippen molar-refractivity contribution in [2.45, 2.75) is 32.1 Å². The van der Waals surface area contributed by atoms with Crippen molar-refractivity contribution in [3.05, 3.63) is 34.8 Å². The fraction of sp³-hybridized carbons (Fsp3) is 0.455. The second-order valence-electron chi connectivity index (χ2n) is 3.62. The second-order valence-corrected chi connectivity index (χ2v) is 3.62. The molecule has 2 nitrogen and oxygen atoms in total. The lowest BCUT2D eigenvalue weighted by Gasteiger charge is -2.17. The van der Waals surface area contributed by atoms with Crippen LogP contribution in [-0.2, 0) is 6.42 Å². The molecule has 0 saturated carbocycles. The maximum Gasteiger partial charge on any atom is 0.269 e. The lowest BCUT2D eigenvalue weighted by Crippen LogP contribution is -2.08. The SMILES string of the molecule is [C-]#[N+]c1ccc2c(n1)C(C)CCC2. The minimum absolute atomic E-state index is 0.533. The van der Waals surface area contributed by atoms with Gasteiger partial charge in [-0.05, 0) is 30.9 Å². The normalized spacial score (nSPS) is 20.5. The number of rotatable bonds is 0. The van der Waals surface area contributed by atoms with Gasteiger partial charge < -0.3 is 4.85 Å². The summed E-state index contributed by atoms with van der Waals surface area (Å²) in [6.45, 7) is 9.08. The largest absolute Gasteiger partial charge is 0.361 e. The first-order valence-electron chi connectivity index (χ1n) is 4.68. The van der Waals surface area contributed by atoms with Gasteiger partial charge in [-0.15, -0.1) is 4.98 Å². The second kappa shape index (κ2) is 3.18. The van der Waals surface area contributed by atoms with Gasteiger partial charge >= 0.3 is 0 Å². The molecule has 2 rings (SSSR count). The highest BCUT2D eigenvalue weighted by Gasteiger charge is 2.20. The summed E-state index contributed by atoms with van der Waals surface area (Å²) in [6.07, 6.45) is 3.60. The molecule has 0 fully saturated rings. The van der Waals surface area contributed by atoms with E-state index in [0.717, 1.165) is 12.1 Å². The highest BCUT2D eigenvalue weighted by atomic mass is 14.9. The highest BCUT2D eigenvalue weighted by molar-refractivity contribution is 5.41. The summed E-state index contributed by atoms with van der Waals surface area (Å²) in [4.78, 5) is 7.71. The van der Waals surface area contributed by atoms with Crippen molar-refractivity contribution in [3.8, 4) is 0 Å². The molecule has 0 spiro atoms. The molecule has 0 saturated heterocycles.